The lowest BCUT2D eigenvalue weighted by molar-refractivity contribution is -0.143. The van der Waals surface area contributed by atoms with Gasteiger partial charge in [0.2, 0.25) is 0 Å². The summed E-state index contributed by atoms with van der Waals surface area (Å²) >= 11 is 0. The molecule has 1 heterocycles. The summed E-state index contributed by atoms with van der Waals surface area (Å²) in [5.41, 5.74) is 0.724. The smallest absolute Gasteiger partial charge is 0.420 e. The number of aromatic nitrogens is 1. The number of hydrogen-bond donors (Lipinski definition) is 0. The van der Waals surface area contributed by atoms with Crippen molar-refractivity contribution in [3.05, 3.63) is 53.0 Å². The van der Waals surface area contributed by atoms with E-state index in [1.807, 2.05) is 6.92 Å². The highest BCUT2D eigenvalue weighted by atomic mass is 32.2. The molecule has 0 unspecified atom stereocenters. The van der Waals surface area contributed by atoms with Gasteiger partial charge in [0.05, 0.1) is 29.3 Å². The Hall–Kier alpha value is -3.27. The first-order chi connectivity index (χ1) is 14.3. The topological polar surface area (TPSA) is 108 Å². The van der Waals surface area contributed by atoms with E-state index < -0.39 is 21.7 Å². The predicted molar refractivity (Wildman–Crippen MR) is 110 cm³/mol. The molecule has 1 aromatic heterocycles. The molecule has 3 rings (SSSR count). The van der Waals surface area contributed by atoms with Crippen LogP contribution in [0.2, 0.25) is 0 Å². The number of oxazole rings is 1. The van der Waals surface area contributed by atoms with Crippen molar-refractivity contribution in [2.45, 2.75) is 25.3 Å². The van der Waals surface area contributed by atoms with Gasteiger partial charge in [-0.05, 0) is 38.1 Å². The molecular weight excluding hydrogens is 412 g/mol. The summed E-state index contributed by atoms with van der Waals surface area (Å²) in [5, 5.41) is 0. The van der Waals surface area contributed by atoms with Crippen LogP contribution in [0.15, 0.2) is 56.6 Å². The van der Waals surface area contributed by atoms with Crippen LogP contribution < -0.4 is 14.8 Å². The second-order valence-corrected chi connectivity index (χ2v) is 8.23. The summed E-state index contributed by atoms with van der Waals surface area (Å²) in [4.78, 5) is 23.8. The Kier molecular flexibility index (Phi) is 6.16. The lowest BCUT2D eigenvalue weighted by Gasteiger charge is -2.22. The molecule has 0 aliphatic heterocycles. The highest BCUT2D eigenvalue weighted by Gasteiger charge is 2.25. The van der Waals surface area contributed by atoms with E-state index in [1.165, 1.54) is 25.2 Å². The van der Waals surface area contributed by atoms with Crippen LogP contribution in [0.4, 0.5) is 5.69 Å². The van der Waals surface area contributed by atoms with Crippen molar-refractivity contribution in [2.75, 3.05) is 24.6 Å². The Morgan fingerprint density at radius 3 is 2.57 bits per heavy atom. The zero-order valence-electron chi connectivity index (χ0n) is 16.8. The molecule has 9 nitrogen and oxygen atoms in total. The molecule has 0 saturated heterocycles. The Morgan fingerprint density at radius 1 is 1.13 bits per heavy atom. The van der Waals surface area contributed by atoms with E-state index in [0.29, 0.717) is 23.6 Å². The first kappa shape index (κ1) is 21.4. The molecule has 0 spiro atoms. The second-order valence-electron chi connectivity index (χ2n) is 6.26. The van der Waals surface area contributed by atoms with Gasteiger partial charge in [0.15, 0.2) is 5.58 Å². The van der Waals surface area contributed by atoms with Gasteiger partial charge in [-0.15, -0.1) is 0 Å². The Balaban J connectivity index is 2.00. The van der Waals surface area contributed by atoms with Gasteiger partial charge in [0, 0.05) is 13.1 Å². The van der Waals surface area contributed by atoms with E-state index >= 15 is 0 Å². The van der Waals surface area contributed by atoms with Crippen LogP contribution in [0.3, 0.4) is 0 Å². The SMILES string of the molecule is CCOC(=O)Cn1c(=O)oc2cc(S(=O)(=O)N(C)c3ccccc3OCC)ccc21. The molecule has 2 aromatic carbocycles. The summed E-state index contributed by atoms with van der Waals surface area (Å²) in [6, 6.07) is 10.8. The number of carbonyl (C=O) groups excluding carboxylic acids is 1. The number of fused-ring (bicyclic) bond motifs is 1. The zero-order chi connectivity index (χ0) is 21.9. The average Bonchev–Trinajstić information content (AvgIpc) is 3.02. The van der Waals surface area contributed by atoms with Crippen LogP contribution in [-0.2, 0) is 26.1 Å². The molecule has 10 heteroatoms. The molecule has 0 amide bonds. The van der Waals surface area contributed by atoms with Gasteiger partial charge < -0.3 is 13.9 Å². The normalized spacial score (nSPS) is 11.4. The van der Waals surface area contributed by atoms with Crippen molar-refractivity contribution in [2.24, 2.45) is 0 Å². The minimum Gasteiger partial charge on any atom is -0.492 e. The molecule has 0 saturated carbocycles. The first-order valence-electron chi connectivity index (χ1n) is 9.29. The Labute approximate surface area is 173 Å². The van der Waals surface area contributed by atoms with Gasteiger partial charge >= 0.3 is 11.7 Å². The van der Waals surface area contributed by atoms with Gasteiger partial charge in [0.1, 0.15) is 12.3 Å². The first-order valence-corrected chi connectivity index (χ1v) is 10.7. The lowest BCUT2D eigenvalue weighted by atomic mass is 10.3. The molecule has 0 fully saturated rings. The third-order valence-electron chi connectivity index (χ3n) is 4.40. The number of para-hydroxylation sites is 2. The minimum atomic E-state index is -3.97. The fourth-order valence-electron chi connectivity index (χ4n) is 2.98. The van der Waals surface area contributed by atoms with Crippen LogP contribution in [0.1, 0.15) is 13.8 Å². The summed E-state index contributed by atoms with van der Waals surface area (Å²) < 4.78 is 44.0. The largest absolute Gasteiger partial charge is 0.492 e. The molecule has 3 aromatic rings. The predicted octanol–water partition coefficient (Wildman–Crippen LogP) is 2.38. The fraction of sp³-hybridized carbons (Fsp3) is 0.300. The second kappa shape index (κ2) is 8.62. The van der Waals surface area contributed by atoms with Crippen LogP contribution in [0.25, 0.3) is 11.1 Å². The molecule has 160 valence electrons. The number of nitrogens with zero attached hydrogens (tertiary/aromatic N) is 2. The molecule has 0 radical (unpaired) electrons. The molecule has 0 atom stereocenters. The number of hydrogen-bond acceptors (Lipinski definition) is 7. The van der Waals surface area contributed by atoms with Gasteiger partial charge in [-0.1, -0.05) is 12.1 Å². The molecule has 30 heavy (non-hydrogen) atoms. The van der Waals surface area contributed by atoms with Gasteiger partial charge in [-0.2, -0.15) is 0 Å². The number of esters is 1. The molecule has 0 bridgehead atoms. The third kappa shape index (κ3) is 4.04. The van der Waals surface area contributed by atoms with E-state index in [4.69, 9.17) is 13.9 Å². The molecule has 0 aliphatic rings. The van der Waals surface area contributed by atoms with Crippen molar-refractivity contribution in [1.82, 2.24) is 4.57 Å². The van der Waals surface area contributed by atoms with Crippen molar-refractivity contribution in [3.8, 4) is 5.75 Å². The van der Waals surface area contributed by atoms with E-state index in [9.17, 15) is 18.0 Å². The van der Waals surface area contributed by atoms with Crippen LogP contribution in [0, 0.1) is 0 Å². The number of ether oxygens (including phenoxy) is 2. The monoisotopic (exact) mass is 434 g/mol. The molecular formula is C20H22N2O7S. The quantitative estimate of drug-likeness (QED) is 0.501. The number of sulfonamides is 1. The maximum Gasteiger partial charge on any atom is 0.420 e. The van der Waals surface area contributed by atoms with Gasteiger partial charge in [-0.3, -0.25) is 13.7 Å². The van der Waals surface area contributed by atoms with Gasteiger partial charge in [0.25, 0.3) is 10.0 Å². The maximum atomic E-state index is 13.2. The molecule has 0 aliphatic carbocycles. The van der Waals surface area contributed by atoms with Crippen molar-refractivity contribution in [3.63, 3.8) is 0 Å². The Bertz CT molecular complexity index is 1230. The number of carbonyl (C=O) groups is 1. The van der Waals surface area contributed by atoms with Crippen molar-refractivity contribution >= 4 is 32.8 Å². The average molecular weight is 434 g/mol. The number of benzene rings is 2. The van der Waals surface area contributed by atoms with E-state index in [-0.39, 0.29) is 23.6 Å². The summed E-state index contributed by atoms with van der Waals surface area (Å²) in [7, 11) is -2.55. The van der Waals surface area contributed by atoms with E-state index in [0.717, 1.165) is 8.87 Å². The van der Waals surface area contributed by atoms with Crippen molar-refractivity contribution < 1.29 is 27.1 Å². The van der Waals surface area contributed by atoms with Crippen molar-refractivity contribution in [1.29, 1.82) is 0 Å². The number of rotatable bonds is 8. The standard InChI is InChI=1S/C20H22N2O7S/c1-4-27-17-9-7-6-8-15(17)21(3)30(25,26)14-10-11-16-18(12-14)29-20(24)22(16)13-19(23)28-5-2/h6-12H,4-5,13H2,1-3H3. The maximum absolute atomic E-state index is 13.2. The summed E-state index contributed by atoms with van der Waals surface area (Å²) in [6.45, 7) is 3.71. The van der Waals surface area contributed by atoms with Crippen LogP contribution >= 0.6 is 0 Å². The highest BCUT2D eigenvalue weighted by Crippen LogP contribution is 2.32. The minimum absolute atomic E-state index is 0.0527. The van der Waals surface area contributed by atoms with Crippen LogP contribution in [0.5, 0.6) is 5.75 Å². The van der Waals surface area contributed by atoms with E-state index in [1.54, 1.807) is 31.2 Å². The summed E-state index contributed by atoms with van der Waals surface area (Å²) in [6.07, 6.45) is 0. The lowest BCUT2D eigenvalue weighted by Crippen LogP contribution is -2.27. The highest BCUT2D eigenvalue weighted by molar-refractivity contribution is 7.92. The third-order valence-corrected chi connectivity index (χ3v) is 6.16. The molecule has 0 N–H and O–H groups in total. The zero-order valence-corrected chi connectivity index (χ0v) is 17.6. The summed E-state index contributed by atoms with van der Waals surface area (Å²) in [5.74, 6) is -0.937. The van der Waals surface area contributed by atoms with E-state index in [2.05, 4.69) is 0 Å². The fourth-order valence-corrected chi connectivity index (χ4v) is 4.20. The number of anilines is 1. The Morgan fingerprint density at radius 2 is 1.87 bits per heavy atom. The van der Waals surface area contributed by atoms with Gasteiger partial charge in [-0.25, -0.2) is 13.2 Å². The van der Waals surface area contributed by atoms with Crippen LogP contribution in [-0.4, -0.2) is 39.2 Å².